The summed E-state index contributed by atoms with van der Waals surface area (Å²) in [7, 11) is 0. The topological polar surface area (TPSA) is 12.0 Å². The van der Waals surface area contributed by atoms with Crippen LogP contribution in [0.25, 0.3) is 0 Å². The van der Waals surface area contributed by atoms with Crippen molar-refractivity contribution in [2.45, 2.75) is 23.9 Å². The van der Waals surface area contributed by atoms with Gasteiger partial charge in [-0.15, -0.1) is 11.8 Å². The smallest absolute Gasteiger partial charge is 0.0410 e. The lowest BCUT2D eigenvalue weighted by molar-refractivity contribution is 0.510. The summed E-state index contributed by atoms with van der Waals surface area (Å²) >= 11 is 8.05. The van der Waals surface area contributed by atoms with E-state index in [-0.39, 0.29) is 0 Å². The highest BCUT2D eigenvalue weighted by Gasteiger charge is 2.20. The summed E-state index contributed by atoms with van der Waals surface area (Å²) in [5, 5.41) is 4.48. The van der Waals surface area contributed by atoms with Gasteiger partial charge in [-0.3, -0.25) is 0 Å². The van der Waals surface area contributed by atoms with Gasteiger partial charge >= 0.3 is 0 Å². The van der Waals surface area contributed by atoms with Crippen LogP contribution in [0.1, 0.15) is 23.6 Å². The van der Waals surface area contributed by atoms with Crippen molar-refractivity contribution in [3.8, 4) is 0 Å². The van der Waals surface area contributed by atoms with Crippen LogP contribution in [0.2, 0.25) is 5.02 Å². The normalized spacial score (nSPS) is 18.1. The predicted molar refractivity (Wildman–Crippen MR) is 82.8 cm³/mol. The zero-order valence-electron chi connectivity index (χ0n) is 10.6. The second kappa shape index (κ2) is 6.00. The Hall–Kier alpha value is -0.960. The van der Waals surface area contributed by atoms with Crippen LogP contribution < -0.4 is 5.32 Å². The molecule has 0 radical (unpaired) electrons. The molecular formula is C16H16ClNS. The van der Waals surface area contributed by atoms with E-state index in [4.69, 9.17) is 11.6 Å². The van der Waals surface area contributed by atoms with Gasteiger partial charge in [0.2, 0.25) is 0 Å². The van der Waals surface area contributed by atoms with Gasteiger partial charge in [-0.2, -0.15) is 0 Å². The molecule has 0 aromatic heterocycles. The summed E-state index contributed by atoms with van der Waals surface area (Å²) in [6.45, 7) is 0.905. The molecule has 3 rings (SSSR count). The molecule has 0 spiro atoms. The van der Waals surface area contributed by atoms with Crippen molar-refractivity contribution in [1.82, 2.24) is 5.32 Å². The Morgan fingerprint density at radius 3 is 2.84 bits per heavy atom. The fraction of sp³-hybridized carbons (Fsp3) is 0.250. The van der Waals surface area contributed by atoms with Crippen LogP contribution in [-0.4, -0.2) is 5.75 Å². The Morgan fingerprint density at radius 2 is 2.00 bits per heavy atom. The lowest BCUT2D eigenvalue weighted by Gasteiger charge is -2.26. The number of hydrogen-bond donors (Lipinski definition) is 1. The highest BCUT2D eigenvalue weighted by molar-refractivity contribution is 7.99. The SMILES string of the molecule is Clc1ccc2c(c1)C(NCc1ccccc1)CCS2. The minimum Gasteiger partial charge on any atom is -0.306 e. The fourth-order valence-corrected chi connectivity index (χ4v) is 3.70. The van der Waals surface area contributed by atoms with E-state index in [1.54, 1.807) is 0 Å². The largest absolute Gasteiger partial charge is 0.306 e. The van der Waals surface area contributed by atoms with Crippen LogP contribution >= 0.6 is 23.4 Å². The highest BCUT2D eigenvalue weighted by Crippen LogP contribution is 2.37. The van der Waals surface area contributed by atoms with Gasteiger partial charge in [0, 0.05) is 22.5 Å². The van der Waals surface area contributed by atoms with E-state index < -0.39 is 0 Å². The number of rotatable bonds is 3. The van der Waals surface area contributed by atoms with Gasteiger partial charge in [0.05, 0.1) is 0 Å². The van der Waals surface area contributed by atoms with E-state index in [0.29, 0.717) is 6.04 Å². The Balaban J connectivity index is 1.75. The molecule has 98 valence electrons. The molecule has 0 amide bonds. The predicted octanol–water partition coefficient (Wildman–Crippen LogP) is 4.67. The van der Waals surface area contributed by atoms with Crippen molar-refractivity contribution in [1.29, 1.82) is 0 Å². The third-order valence-corrected chi connectivity index (χ3v) is 4.76. The number of fused-ring (bicyclic) bond motifs is 1. The molecule has 1 N–H and O–H groups in total. The molecule has 1 aliphatic heterocycles. The summed E-state index contributed by atoms with van der Waals surface area (Å²) in [6, 6.07) is 17.2. The summed E-state index contributed by atoms with van der Waals surface area (Å²) in [4.78, 5) is 1.36. The molecule has 3 heteroatoms. The van der Waals surface area contributed by atoms with Crippen molar-refractivity contribution >= 4 is 23.4 Å². The minimum atomic E-state index is 0.412. The van der Waals surface area contributed by atoms with E-state index in [1.807, 2.05) is 17.8 Å². The van der Waals surface area contributed by atoms with Crippen LogP contribution in [0.5, 0.6) is 0 Å². The van der Waals surface area contributed by atoms with Gasteiger partial charge in [-0.1, -0.05) is 41.9 Å². The summed E-state index contributed by atoms with van der Waals surface area (Å²) in [6.07, 6.45) is 1.16. The summed E-state index contributed by atoms with van der Waals surface area (Å²) < 4.78 is 0. The standard InChI is InChI=1S/C16H16ClNS/c17-13-6-7-16-14(10-13)15(8-9-19-16)18-11-12-4-2-1-3-5-12/h1-7,10,15,18H,8-9,11H2. The molecule has 1 aliphatic rings. The van der Waals surface area contributed by atoms with Gasteiger partial charge in [0.15, 0.2) is 0 Å². The van der Waals surface area contributed by atoms with Gasteiger partial charge in [0.1, 0.15) is 0 Å². The van der Waals surface area contributed by atoms with Gasteiger partial charge in [-0.05, 0) is 41.5 Å². The van der Waals surface area contributed by atoms with Crippen molar-refractivity contribution in [3.63, 3.8) is 0 Å². The van der Waals surface area contributed by atoms with E-state index >= 15 is 0 Å². The molecule has 1 nitrogen and oxygen atoms in total. The Labute approximate surface area is 123 Å². The van der Waals surface area contributed by atoms with E-state index in [0.717, 1.165) is 18.0 Å². The van der Waals surface area contributed by atoms with E-state index in [2.05, 4.69) is 47.8 Å². The molecule has 1 heterocycles. The van der Waals surface area contributed by atoms with Crippen LogP contribution in [0.15, 0.2) is 53.4 Å². The van der Waals surface area contributed by atoms with Crippen LogP contribution in [0, 0.1) is 0 Å². The first-order valence-electron chi connectivity index (χ1n) is 6.52. The maximum Gasteiger partial charge on any atom is 0.0410 e. The first-order chi connectivity index (χ1) is 9.33. The lowest BCUT2D eigenvalue weighted by Crippen LogP contribution is -2.24. The van der Waals surface area contributed by atoms with Crippen molar-refractivity contribution in [2.75, 3.05) is 5.75 Å². The number of benzene rings is 2. The van der Waals surface area contributed by atoms with Crippen molar-refractivity contribution in [2.24, 2.45) is 0 Å². The number of thioether (sulfide) groups is 1. The third-order valence-electron chi connectivity index (χ3n) is 3.41. The Kier molecular flexibility index (Phi) is 4.12. The van der Waals surface area contributed by atoms with E-state index in [9.17, 15) is 0 Å². The molecule has 1 atom stereocenters. The number of nitrogens with one attached hydrogen (secondary N) is 1. The third kappa shape index (κ3) is 3.14. The summed E-state index contributed by atoms with van der Waals surface area (Å²) in [5.74, 6) is 1.17. The van der Waals surface area contributed by atoms with Crippen LogP contribution in [0.3, 0.4) is 0 Å². The maximum atomic E-state index is 6.12. The molecule has 2 aromatic rings. The van der Waals surface area contributed by atoms with Crippen LogP contribution in [0.4, 0.5) is 0 Å². The zero-order chi connectivity index (χ0) is 13.1. The molecule has 1 unspecified atom stereocenters. The fourth-order valence-electron chi connectivity index (χ4n) is 2.41. The second-order valence-corrected chi connectivity index (χ2v) is 6.31. The Bertz CT molecular complexity index is 556. The van der Waals surface area contributed by atoms with Crippen molar-refractivity contribution in [3.05, 3.63) is 64.7 Å². The maximum absolute atomic E-state index is 6.12. The first kappa shape index (κ1) is 13.0. The number of hydrogen-bond acceptors (Lipinski definition) is 2. The molecule has 0 aliphatic carbocycles. The first-order valence-corrected chi connectivity index (χ1v) is 7.89. The number of halogens is 1. The van der Waals surface area contributed by atoms with Gasteiger partial charge in [0.25, 0.3) is 0 Å². The van der Waals surface area contributed by atoms with E-state index in [1.165, 1.54) is 21.8 Å². The second-order valence-electron chi connectivity index (χ2n) is 4.74. The average Bonchev–Trinajstić information content (AvgIpc) is 2.46. The molecular weight excluding hydrogens is 274 g/mol. The molecule has 19 heavy (non-hydrogen) atoms. The molecule has 2 aromatic carbocycles. The summed E-state index contributed by atoms with van der Waals surface area (Å²) in [5.41, 5.74) is 2.67. The molecule has 0 bridgehead atoms. The van der Waals surface area contributed by atoms with Gasteiger partial charge in [-0.25, -0.2) is 0 Å². The van der Waals surface area contributed by atoms with Crippen LogP contribution in [-0.2, 0) is 6.54 Å². The van der Waals surface area contributed by atoms with Gasteiger partial charge < -0.3 is 5.32 Å². The Morgan fingerprint density at radius 1 is 1.16 bits per heavy atom. The monoisotopic (exact) mass is 289 g/mol. The average molecular weight is 290 g/mol. The van der Waals surface area contributed by atoms with Crippen molar-refractivity contribution < 1.29 is 0 Å². The quantitative estimate of drug-likeness (QED) is 0.881. The highest BCUT2D eigenvalue weighted by atomic mass is 35.5. The molecule has 0 fully saturated rings. The zero-order valence-corrected chi connectivity index (χ0v) is 12.2. The lowest BCUT2D eigenvalue weighted by atomic mass is 10.0. The minimum absolute atomic E-state index is 0.412. The molecule has 0 saturated carbocycles. The molecule has 0 saturated heterocycles.